The molecule has 0 saturated carbocycles. The van der Waals surface area contributed by atoms with Gasteiger partial charge in [-0.2, -0.15) is 0 Å². The van der Waals surface area contributed by atoms with Gasteiger partial charge in [-0.3, -0.25) is 4.79 Å². The molecule has 5 rings (SSSR count). The number of amides is 1. The molecule has 174 valence electrons. The number of aromatic nitrogens is 2. The molecule has 1 aromatic heterocycles. The summed E-state index contributed by atoms with van der Waals surface area (Å²) in [5, 5.41) is 0.114. The van der Waals surface area contributed by atoms with Crippen LogP contribution in [0.5, 0.6) is 0 Å². The summed E-state index contributed by atoms with van der Waals surface area (Å²) in [6.07, 6.45) is 4.06. The number of anilines is 3. The van der Waals surface area contributed by atoms with Crippen molar-refractivity contribution in [2.45, 2.75) is 23.8 Å². The highest BCUT2D eigenvalue weighted by molar-refractivity contribution is 7.92. The predicted octanol–water partition coefficient (Wildman–Crippen LogP) is 3.73. The van der Waals surface area contributed by atoms with E-state index in [0.717, 1.165) is 11.3 Å². The number of nitrogens with one attached hydrogen (secondary N) is 1. The first-order valence-corrected chi connectivity index (χ1v) is 12.2. The lowest BCUT2D eigenvalue weighted by molar-refractivity contribution is -0.118. The fourth-order valence-corrected chi connectivity index (χ4v) is 5.52. The number of hydrogen-bond acceptors (Lipinski definition) is 6. The molecule has 0 radical (unpaired) electrons. The van der Waals surface area contributed by atoms with Crippen LogP contribution in [0.4, 0.5) is 21.7 Å². The summed E-state index contributed by atoms with van der Waals surface area (Å²) < 4.78 is 41.3. The zero-order valence-electron chi connectivity index (χ0n) is 17.3. The van der Waals surface area contributed by atoms with Crippen molar-refractivity contribution in [3.8, 4) is 0 Å². The van der Waals surface area contributed by atoms with E-state index in [1.165, 1.54) is 30.6 Å². The van der Waals surface area contributed by atoms with Gasteiger partial charge in [-0.05, 0) is 60.9 Å². The Morgan fingerprint density at radius 3 is 2.55 bits per heavy atom. The van der Waals surface area contributed by atoms with Crippen LogP contribution in [0, 0.1) is 5.82 Å². The van der Waals surface area contributed by atoms with Crippen molar-refractivity contribution >= 4 is 44.9 Å². The first kappa shape index (κ1) is 21.6. The highest BCUT2D eigenvalue weighted by Gasteiger charge is 2.39. The van der Waals surface area contributed by atoms with Crippen molar-refractivity contribution in [2.75, 3.05) is 27.6 Å². The minimum absolute atomic E-state index is 0. The Morgan fingerprint density at radius 2 is 1.82 bits per heavy atom. The Bertz CT molecular complexity index is 1330. The van der Waals surface area contributed by atoms with E-state index in [-0.39, 0.29) is 30.7 Å². The molecule has 1 atom stereocenters. The molecule has 2 aromatic carbocycles. The van der Waals surface area contributed by atoms with E-state index in [0.29, 0.717) is 31.6 Å². The van der Waals surface area contributed by atoms with Crippen LogP contribution in [-0.2, 0) is 21.2 Å². The van der Waals surface area contributed by atoms with Crippen LogP contribution in [0.2, 0.25) is 5.02 Å². The van der Waals surface area contributed by atoms with Crippen molar-refractivity contribution in [1.82, 2.24) is 9.97 Å². The van der Waals surface area contributed by atoms with Crippen molar-refractivity contribution in [1.29, 1.82) is 0 Å². The molecule has 1 N–H and O–H groups in total. The summed E-state index contributed by atoms with van der Waals surface area (Å²) in [6, 6.07) is 10.3. The Morgan fingerprint density at radius 1 is 1.09 bits per heavy atom. The Labute approximate surface area is 198 Å². The smallest absolute Gasteiger partial charge is 0.264 e. The zero-order chi connectivity index (χ0) is 23.2. The third-order valence-corrected chi connectivity index (χ3v) is 7.64. The van der Waals surface area contributed by atoms with Gasteiger partial charge < -0.3 is 9.80 Å². The number of hydrogen-bond donors (Lipinski definition) is 1. The van der Waals surface area contributed by atoms with Gasteiger partial charge in [-0.15, -0.1) is 0 Å². The van der Waals surface area contributed by atoms with Gasteiger partial charge in [0.2, 0.25) is 11.9 Å². The van der Waals surface area contributed by atoms with E-state index >= 15 is 0 Å². The van der Waals surface area contributed by atoms with Crippen LogP contribution in [-0.4, -0.2) is 43.4 Å². The van der Waals surface area contributed by atoms with Crippen molar-refractivity contribution in [3.05, 3.63) is 71.3 Å². The Kier molecular flexibility index (Phi) is 5.41. The molecule has 1 fully saturated rings. The number of fused-ring (bicyclic) bond motifs is 1. The molecule has 2 aliphatic heterocycles. The Hall–Kier alpha value is -3.24. The van der Waals surface area contributed by atoms with Gasteiger partial charge in [-0.1, -0.05) is 11.6 Å². The van der Waals surface area contributed by atoms with Crippen molar-refractivity contribution < 1.29 is 20.5 Å². The van der Waals surface area contributed by atoms with Crippen LogP contribution in [0.15, 0.2) is 59.8 Å². The maximum absolute atomic E-state index is 13.8. The average molecular weight is 492 g/mol. The third-order valence-electron chi connectivity index (χ3n) is 5.89. The van der Waals surface area contributed by atoms with Crippen molar-refractivity contribution in [2.24, 2.45) is 0 Å². The lowest BCUT2D eigenvalue weighted by Gasteiger charge is -2.26. The minimum atomic E-state index is -3.86. The van der Waals surface area contributed by atoms with Crippen LogP contribution < -0.4 is 14.5 Å². The number of benzene rings is 2. The number of carbonyl (C=O) groups is 1. The monoisotopic (exact) mass is 491 g/mol. The van der Waals surface area contributed by atoms with Gasteiger partial charge in [-0.25, -0.2) is 27.5 Å². The van der Waals surface area contributed by atoms with Crippen molar-refractivity contribution in [3.63, 3.8) is 0 Å². The number of halogens is 2. The number of rotatable bonds is 5. The van der Waals surface area contributed by atoms with Gasteiger partial charge in [0.1, 0.15) is 11.9 Å². The molecule has 1 saturated heterocycles. The molecule has 1 amide bonds. The molecule has 0 bridgehead atoms. The first-order valence-electron chi connectivity index (χ1n) is 10.3. The molecule has 2 aliphatic rings. The topological polar surface area (TPSA) is 95.5 Å². The van der Waals surface area contributed by atoms with Gasteiger partial charge in [0.15, 0.2) is 0 Å². The maximum atomic E-state index is 13.8. The molecular formula is C22H23ClFN5O3S. The second-order valence-electron chi connectivity index (χ2n) is 7.77. The average Bonchev–Trinajstić information content (AvgIpc) is 3.40. The van der Waals surface area contributed by atoms with Gasteiger partial charge >= 0.3 is 0 Å². The van der Waals surface area contributed by atoms with E-state index in [2.05, 4.69) is 14.7 Å². The lowest BCUT2D eigenvalue weighted by atomic mass is 10.1. The van der Waals surface area contributed by atoms with Crippen LogP contribution >= 0.6 is 11.6 Å². The fourth-order valence-electron chi connectivity index (χ4n) is 4.31. The third kappa shape index (κ3) is 3.89. The summed E-state index contributed by atoms with van der Waals surface area (Å²) in [7, 11) is -3.86. The standard InChI is InChI=1S/C22H19ClFN5O3S.2H2/c23-20-16-8-12-29(18(16)7-6-17(20)24)19-9-13-28(21(19)30)14-2-4-15(5-3-14)33(31,32)27-22-25-10-1-11-26-22;;/h1-7,10-11,19H,8-9,12-13H2,(H,25,26,27);2*1H/t19-;;/m0../s1. The maximum Gasteiger partial charge on any atom is 0.264 e. The Balaban J connectivity index is 0.00000171. The molecule has 11 heteroatoms. The fraction of sp³-hybridized carbons (Fsp3) is 0.227. The van der Waals surface area contributed by atoms with E-state index in [1.807, 2.05) is 4.90 Å². The first-order chi connectivity index (χ1) is 15.8. The van der Waals surface area contributed by atoms with Crippen LogP contribution in [0.25, 0.3) is 0 Å². The molecule has 0 aliphatic carbocycles. The second-order valence-corrected chi connectivity index (χ2v) is 9.83. The van der Waals surface area contributed by atoms with Crippen LogP contribution in [0.3, 0.4) is 0 Å². The SMILES string of the molecule is O=C1[C@@H](N2CCc3c2ccc(F)c3Cl)CCN1c1ccc(S(=O)(=O)Nc2ncccn2)cc1.[HH].[HH]. The minimum Gasteiger partial charge on any atom is -0.359 e. The predicted molar refractivity (Wildman–Crippen MR) is 127 cm³/mol. The summed E-state index contributed by atoms with van der Waals surface area (Å²) in [5.41, 5.74) is 2.12. The van der Waals surface area contributed by atoms with Gasteiger partial charge in [0, 0.05) is 39.7 Å². The van der Waals surface area contributed by atoms with Gasteiger partial charge in [0.05, 0.1) is 9.92 Å². The molecule has 33 heavy (non-hydrogen) atoms. The van der Waals surface area contributed by atoms with E-state index < -0.39 is 15.8 Å². The van der Waals surface area contributed by atoms with Crippen LogP contribution in [0.1, 0.15) is 14.8 Å². The zero-order valence-corrected chi connectivity index (χ0v) is 18.9. The lowest BCUT2D eigenvalue weighted by Crippen LogP contribution is -2.41. The summed E-state index contributed by atoms with van der Waals surface area (Å²) in [5.74, 6) is -0.570. The molecule has 3 heterocycles. The number of nitrogens with zero attached hydrogens (tertiary/aromatic N) is 4. The molecule has 0 spiro atoms. The highest BCUT2D eigenvalue weighted by atomic mass is 35.5. The molecule has 0 unspecified atom stereocenters. The largest absolute Gasteiger partial charge is 0.359 e. The molecule has 8 nitrogen and oxygen atoms in total. The summed E-state index contributed by atoms with van der Waals surface area (Å²) in [6.45, 7) is 1.08. The summed E-state index contributed by atoms with van der Waals surface area (Å²) in [4.78, 5) is 24.6. The number of sulfonamides is 1. The number of carbonyl (C=O) groups excluding carboxylic acids is 1. The molecular weight excluding hydrogens is 469 g/mol. The molecule has 3 aromatic rings. The van der Waals surface area contributed by atoms with Gasteiger partial charge in [0.25, 0.3) is 10.0 Å². The van der Waals surface area contributed by atoms with E-state index in [9.17, 15) is 17.6 Å². The highest BCUT2D eigenvalue weighted by Crippen LogP contribution is 2.38. The van der Waals surface area contributed by atoms with E-state index in [1.54, 1.807) is 29.2 Å². The second kappa shape index (κ2) is 8.27. The summed E-state index contributed by atoms with van der Waals surface area (Å²) >= 11 is 6.12. The van der Waals surface area contributed by atoms with E-state index in [4.69, 9.17) is 11.6 Å². The normalized spacial score (nSPS) is 18.0. The quantitative estimate of drug-likeness (QED) is 0.584.